The van der Waals surface area contributed by atoms with Crippen molar-refractivity contribution < 1.29 is 4.39 Å². The monoisotopic (exact) mass is 407 g/mol. The van der Waals surface area contributed by atoms with Gasteiger partial charge in [0, 0.05) is 28.4 Å². The fourth-order valence-corrected chi connectivity index (χ4v) is 3.77. The number of hydrogen-bond acceptors (Lipinski definition) is 0. The van der Waals surface area contributed by atoms with Crippen molar-refractivity contribution in [2.75, 3.05) is 0 Å². The fourth-order valence-electron chi connectivity index (χ4n) is 3.53. The van der Waals surface area contributed by atoms with E-state index in [2.05, 4.69) is 42.8 Å². The third-order valence-electron chi connectivity index (χ3n) is 5.23. The minimum Gasteiger partial charge on any atom is -0.358 e. The number of benzene rings is 1. The average molecular weight is 408 g/mol. The minimum absolute atomic E-state index is 0.633. The number of rotatable bonds is 6. The summed E-state index contributed by atoms with van der Waals surface area (Å²) in [5.74, 6) is 0. The van der Waals surface area contributed by atoms with Gasteiger partial charge in [-0.15, -0.1) is 0 Å². The molecule has 3 heteroatoms. The molecule has 1 N–H and O–H groups in total. The Hall–Kier alpha value is -2.58. The van der Waals surface area contributed by atoms with Crippen LogP contribution in [0.15, 0.2) is 67.3 Å². The zero-order valence-electron chi connectivity index (χ0n) is 17.4. The van der Waals surface area contributed by atoms with Crippen molar-refractivity contribution in [1.29, 1.82) is 0 Å². The Bertz CT molecular complexity index is 1050. The number of halogens is 2. The van der Waals surface area contributed by atoms with E-state index in [1.54, 1.807) is 26.0 Å². The SMILES string of the molecule is C=C/C(=C\C=C/C)c1cc(C2=CC=C(c3cc(C(C)(C)F)ccc3Cl)C2)[nH]c1C. The van der Waals surface area contributed by atoms with Gasteiger partial charge in [0.2, 0.25) is 0 Å². The summed E-state index contributed by atoms with van der Waals surface area (Å²) in [6.07, 6.45) is 12.9. The van der Waals surface area contributed by atoms with Gasteiger partial charge in [-0.3, -0.25) is 0 Å². The second-order valence-electron chi connectivity index (χ2n) is 7.80. The highest BCUT2D eigenvalue weighted by Gasteiger charge is 2.22. The molecule has 0 amide bonds. The number of allylic oxidation sites excluding steroid dienone is 9. The zero-order chi connectivity index (χ0) is 21.2. The van der Waals surface area contributed by atoms with Gasteiger partial charge in [0.05, 0.1) is 0 Å². The molecule has 150 valence electrons. The number of H-pyrrole nitrogens is 1. The van der Waals surface area contributed by atoms with E-state index >= 15 is 0 Å². The van der Waals surface area contributed by atoms with Crippen molar-refractivity contribution in [3.63, 3.8) is 0 Å². The number of nitrogens with one attached hydrogen (secondary N) is 1. The molecule has 1 heterocycles. The van der Waals surface area contributed by atoms with E-state index in [0.717, 1.165) is 40.1 Å². The lowest BCUT2D eigenvalue weighted by atomic mass is 9.94. The first-order chi connectivity index (χ1) is 13.7. The normalized spacial score (nSPS) is 15.0. The van der Waals surface area contributed by atoms with Crippen LogP contribution in [-0.4, -0.2) is 4.98 Å². The molecule has 0 spiro atoms. The zero-order valence-corrected chi connectivity index (χ0v) is 18.2. The number of hydrogen-bond donors (Lipinski definition) is 1. The molecule has 0 saturated heterocycles. The number of alkyl halides is 1. The molecule has 2 aromatic rings. The highest BCUT2D eigenvalue weighted by molar-refractivity contribution is 6.32. The van der Waals surface area contributed by atoms with Crippen molar-refractivity contribution in [2.24, 2.45) is 0 Å². The van der Waals surface area contributed by atoms with Crippen molar-refractivity contribution in [1.82, 2.24) is 4.98 Å². The predicted molar refractivity (Wildman–Crippen MR) is 125 cm³/mol. The Morgan fingerprint density at radius 2 is 1.93 bits per heavy atom. The summed E-state index contributed by atoms with van der Waals surface area (Å²) in [7, 11) is 0. The Morgan fingerprint density at radius 1 is 1.21 bits per heavy atom. The highest BCUT2D eigenvalue weighted by Crippen LogP contribution is 2.39. The second-order valence-corrected chi connectivity index (χ2v) is 8.21. The molecule has 1 aliphatic carbocycles. The van der Waals surface area contributed by atoms with Crippen LogP contribution >= 0.6 is 11.6 Å². The molecule has 0 saturated carbocycles. The first-order valence-corrected chi connectivity index (χ1v) is 10.2. The highest BCUT2D eigenvalue weighted by atomic mass is 35.5. The molecule has 0 atom stereocenters. The maximum Gasteiger partial charge on any atom is 0.130 e. The summed E-state index contributed by atoms with van der Waals surface area (Å²) < 4.78 is 14.4. The van der Waals surface area contributed by atoms with Crippen LogP contribution in [0.2, 0.25) is 5.02 Å². The lowest BCUT2D eigenvalue weighted by Crippen LogP contribution is -2.09. The van der Waals surface area contributed by atoms with Gasteiger partial charge in [0.1, 0.15) is 5.67 Å². The van der Waals surface area contributed by atoms with Crippen LogP contribution in [0, 0.1) is 6.92 Å². The van der Waals surface area contributed by atoms with Gasteiger partial charge in [-0.2, -0.15) is 0 Å². The van der Waals surface area contributed by atoms with Crippen molar-refractivity contribution >= 4 is 28.3 Å². The summed E-state index contributed by atoms with van der Waals surface area (Å²) in [6, 6.07) is 7.57. The Morgan fingerprint density at radius 3 is 2.59 bits per heavy atom. The summed E-state index contributed by atoms with van der Waals surface area (Å²) in [5.41, 5.74) is 6.80. The van der Waals surface area contributed by atoms with E-state index in [9.17, 15) is 4.39 Å². The Balaban J connectivity index is 1.87. The van der Waals surface area contributed by atoms with Crippen LogP contribution in [0.3, 0.4) is 0 Å². The number of aryl methyl sites for hydroxylation is 1. The molecule has 3 rings (SSSR count). The Kier molecular flexibility index (Phi) is 6.14. The average Bonchev–Trinajstić information content (AvgIpc) is 3.29. The molecule has 0 fully saturated rings. The largest absolute Gasteiger partial charge is 0.358 e. The summed E-state index contributed by atoms with van der Waals surface area (Å²) in [4.78, 5) is 3.49. The molecule has 0 radical (unpaired) electrons. The minimum atomic E-state index is -1.40. The topological polar surface area (TPSA) is 15.8 Å². The maximum atomic E-state index is 14.4. The van der Waals surface area contributed by atoms with Crippen LogP contribution < -0.4 is 0 Å². The lowest BCUT2D eigenvalue weighted by molar-refractivity contribution is 0.221. The molecule has 0 aliphatic heterocycles. The summed E-state index contributed by atoms with van der Waals surface area (Å²) >= 11 is 6.44. The van der Waals surface area contributed by atoms with Gasteiger partial charge in [-0.25, -0.2) is 4.39 Å². The van der Waals surface area contributed by atoms with Crippen molar-refractivity contribution in [3.05, 3.63) is 100 Å². The molecule has 29 heavy (non-hydrogen) atoms. The molecule has 1 aliphatic rings. The van der Waals surface area contributed by atoms with Gasteiger partial charge in [-0.05, 0) is 73.7 Å². The van der Waals surface area contributed by atoms with Gasteiger partial charge in [0.15, 0.2) is 0 Å². The van der Waals surface area contributed by atoms with Crippen molar-refractivity contribution in [3.8, 4) is 0 Å². The van der Waals surface area contributed by atoms with E-state index < -0.39 is 5.67 Å². The molecule has 0 unspecified atom stereocenters. The first-order valence-electron chi connectivity index (χ1n) is 9.79. The lowest BCUT2D eigenvalue weighted by Gasteiger charge is -2.17. The van der Waals surface area contributed by atoms with Crippen LogP contribution in [-0.2, 0) is 5.67 Å². The van der Waals surface area contributed by atoms with Crippen LogP contribution in [0.5, 0.6) is 0 Å². The van der Waals surface area contributed by atoms with Gasteiger partial charge < -0.3 is 4.98 Å². The molecular formula is C26H27ClFN. The molecule has 0 bridgehead atoms. The van der Waals surface area contributed by atoms with Crippen LogP contribution in [0.25, 0.3) is 16.7 Å². The van der Waals surface area contributed by atoms with Gasteiger partial charge >= 0.3 is 0 Å². The molecule has 1 nitrogen and oxygen atoms in total. The third kappa shape index (κ3) is 4.54. The standard InChI is InChI=1S/C26H27ClFN/c1-6-8-9-18(7-2)22-16-25(29-17(22)3)20-11-10-19(14-20)23-15-21(26(4,5)28)12-13-24(23)27/h6-13,15-16,29H,2,14H2,1,3-5H3/b8-6-,18-9+. The maximum absolute atomic E-state index is 14.4. The van der Waals surface area contributed by atoms with Gasteiger partial charge in [0.25, 0.3) is 0 Å². The second kappa shape index (κ2) is 8.42. The molecule has 1 aromatic heterocycles. The third-order valence-corrected chi connectivity index (χ3v) is 5.55. The van der Waals surface area contributed by atoms with E-state index in [4.69, 9.17) is 11.6 Å². The van der Waals surface area contributed by atoms with Crippen molar-refractivity contribution in [2.45, 2.75) is 39.8 Å². The summed E-state index contributed by atoms with van der Waals surface area (Å²) in [6.45, 7) is 11.1. The predicted octanol–water partition coefficient (Wildman–Crippen LogP) is 8.20. The first kappa shape index (κ1) is 21.1. The van der Waals surface area contributed by atoms with E-state index in [1.165, 1.54) is 5.57 Å². The van der Waals surface area contributed by atoms with Crippen LogP contribution in [0.1, 0.15) is 55.3 Å². The number of aromatic amines is 1. The smallest absolute Gasteiger partial charge is 0.130 e. The molecule has 1 aromatic carbocycles. The Labute approximate surface area is 178 Å². The van der Waals surface area contributed by atoms with Crippen LogP contribution in [0.4, 0.5) is 4.39 Å². The summed E-state index contributed by atoms with van der Waals surface area (Å²) in [5, 5.41) is 0.644. The molecular weight excluding hydrogens is 381 g/mol. The fraction of sp³-hybridized carbons (Fsp3) is 0.231. The quantitative estimate of drug-likeness (QED) is 0.464. The number of aromatic nitrogens is 1. The van der Waals surface area contributed by atoms with E-state index in [-0.39, 0.29) is 0 Å². The van der Waals surface area contributed by atoms with E-state index in [1.807, 2.05) is 31.2 Å². The van der Waals surface area contributed by atoms with Gasteiger partial charge in [-0.1, -0.05) is 60.7 Å². The van der Waals surface area contributed by atoms with E-state index in [0.29, 0.717) is 10.6 Å².